The molecule has 0 radical (unpaired) electrons. The molecule has 2 aliphatic carbocycles. The summed E-state index contributed by atoms with van der Waals surface area (Å²) in [4.78, 5) is 2.39. The van der Waals surface area contributed by atoms with Gasteiger partial charge in [0.25, 0.3) is 0 Å². The van der Waals surface area contributed by atoms with Gasteiger partial charge in [0, 0.05) is 6.54 Å². The largest absolute Gasteiger partial charge is 0.389 e. The number of rotatable bonds is 5. The second-order valence-electron chi connectivity index (χ2n) is 8.45. The fourth-order valence-corrected chi connectivity index (χ4v) is 5.10. The van der Waals surface area contributed by atoms with Crippen LogP contribution in [-0.2, 0) is 4.74 Å². The third-order valence-electron chi connectivity index (χ3n) is 7.12. The zero-order valence-corrected chi connectivity index (χ0v) is 14.1. The summed E-state index contributed by atoms with van der Waals surface area (Å²) in [5.41, 5.74) is 0.706. The first-order valence-electron chi connectivity index (χ1n) is 8.95. The molecule has 1 aliphatic heterocycles. The molecule has 3 aliphatic rings. The fourth-order valence-electron chi connectivity index (χ4n) is 5.10. The molecule has 2 bridgehead atoms. The van der Waals surface area contributed by atoms with Crippen LogP contribution in [0.3, 0.4) is 0 Å². The van der Waals surface area contributed by atoms with Gasteiger partial charge in [-0.2, -0.15) is 0 Å². The summed E-state index contributed by atoms with van der Waals surface area (Å²) < 4.78 is 6.20. The lowest BCUT2D eigenvalue weighted by Gasteiger charge is -2.39. The van der Waals surface area contributed by atoms with E-state index in [0.717, 1.165) is 25.6 Å². The molecular weight excluding hydrogens is 262 g/mol. The van der Waals surface area contributed by atoms with E-state index in [1.54, 1.807) is 0 Å². The van der Waals surface area contributed by atoms with Gasteiger partial charge in [0.1, 0.15) is 0 Å². The summed E-state index contributed by atoms with van der Waals surface area (Å²) in [6, 6.07) is 0. The summed E-state index contributed by atoms with van der Waals surface area (Å²) in [6.07, 6.45) is 7.78. The molecule has 1 saturated heterocycles. The fraction of sp³-hybridized carbons (Fsp3) is 1.00. The van der Waals surface area contributed by atoms with Gasteiger partial charge in [0.2, 0.25) is 0 Å². The second-order valence-corrected chi connectivity index (χ2v) is 8.45. The number of β-amino-alcohol motifs (C(OH)–C–C–N with tert-alkyl or cyclic N) is 1. The van der Waals surface area contributed by atoms with Crippen molar-refractivity contribution in [1.29, 1.82) is 0 Å². The van der Waals surface area contributed by atoms with Crippen LogP contribution in [0.25, 0.3) is 0 Å². The number of aliphatic hydroxyl groups is 1. The second kappa shape index (κ2) is 5.82. The van der Waals surface area contributed by atoms with E-state index in [4.69, 9.17) is 4.74 Å². The van der Waals surface area contributed by atoms with Crippen LogP contribution in [-0.4, -0.2) is 48.5 Å². The highest BCUT2D eigenvalue weighted by atomic mass is 16.5. The Morgan fingerprint density at radius 2 is 1.90 bits per heavy atom. The van der Waals surface area contributed by atoms with Crippen molar-refractivity contribution in [3.05, 3.63) is 0 Å². The van der Waals surface area contributed by atoms with E-state index in [0.29, 0.717) is 23.5 Å². The predicted octanol–water partition coefficient (Wildman–Crippen LogP) is 3.06. The normalized spacial score (nSPS) is 40.6. The van der Waals surface area contributed by atoms with Crippen molar-refractivity contribution in [2.45, 2.75) is 71.5 Å². The molecule has 21 heavy (non-hydrogen) atoms. The molecular formula is C18H33NO2. The molecule has 1 heterocycles. The summed E-state index contributed by atoms with van der Waals surface area (Å²) in [5, 5.41) is 10.3. The van der Waals surface area contributed by atoms with Crippen molar-refractivity contribution in [3.63, 3.8) is 0 Å². The molecule has 3 heteroatoms. The first-order valence-corrected chi connectivity index (χ1v) is 8.95. The number of ether oxygens (including phenoxy) is 1. The maximum Gasteiger partial charge on any atom is 0.0900 e. The Balaban J connectivity index is 1.47. The van der Waals surface area contributed by atoms with E-state index < -0.39 is 0 Å². The van der Waals surface area contributed by atoms with Gasteiger partial charge in [0.05, 0.1) is 18.8 Å². The number of aliphatic hydroxyl groups excluding tert-OH is 1. The Labute approximate surface area is 130 Å². The molecule has 3 fully saturated rings. The summed E-state index contributed by atoms with van der Waals surface area (Å²) in [6.45, 7) is 10.8. The van der Waals surface area contributed by atoms with Crippen LogP contribution in [0.1, 0.15) is 59.3 Å². The number of hydrogen-bond acceptors (Lipinski definition) is 3. The van der Waals surface area contributed by atoms with Crippen LogP contribution in [0, 0.1) is 16.7 Å². The molecule has 3 rings (SSSR count). The predicted molar refractivity (Wildman–Crippen MR) is 85.3 cm³/mol. The van der Waals surface area contributed by atoms with Gasteiger partial charge in [0.15, 0.2) is 0 Å². The van der Waals surface area contributed by atoms with Crippen molar-refractivity contribution < 1.29 is 9.84 Å². The minimum atomic E-state index is -0.325. The summed E-state index contributed by atoms with van der Waals surface area (Å²) in [7, 11) is 0. The van der Waals surface area contributed by atoms with E-state index in [9.17, 15) is 5.11 Å². The summed E-state index contributed by atoms with van der Waals surface area (Å²) in [5.74, 6) is 0.812. The molecule has 0 aromatic carbocycles. The van der Waals surface area contributed by atoms with E-state index in [2.05, 4.69) is 25.7 Å². The van der Waals surface area contributed by atoms with E-state index in [-0.39, 0.29) is 6.10 Å². The zero-order chi connectivity index (χ0) is 15.1. The Morgan fingerprint density at radius 3 is 2.48 bits per heavy atom. The molecule has 0 aromatic heterocycles. The highest BCUT2D eigenvalue weighted by molar-refractivity contribution is 5.11. The number of nitrogens with zero attached hydrogens (tertiary/aromatic N) is 1. The first kappa shape index (κ1) is 15.8. The van der Waals surface area contributed by atoms with Crippen LogP contribution in [0.15, 0.2) is 0 Å². The highest BCUT2D eigenvalue weighted by Gasteiger charge is 2.61. The maximum atomic E-state index is 10.3. The monoisotopic (exact) mass is 295 g/mol. The molecule has 0 aromatic rings. The zero-order valence-electron chi connectivity index (χ0n) is 14.1. The van der Waals surface area contributed by atoms with Gasteiger partial charge in [-0.25, -0.2) is 0 Å². The summed E-state index contributed by atoms with van der Waals surface area (Å²) >= 11 is 0. The minimum absolute atomic E-state index is 0.308. The van der Waals surface area contributed by atoms with E-state index >= 15 is 0 Å². The van der Waals surface area contributed by atoms with Crippen molar-refractivity contribution in [3.8, 4) is 0 Å². The van der Waals surface area contributed by atoms with Gasteiger partial charge in [-0.3, -0.25) is 0 Å². The Kier molecular flexibility index (Phi) is 4.37. The molecule has 2 saturated carbocycles. The number of piperidine rings is 1. The topological polar surface area (TPSA) is 32.7 Å². The van der Waals surface area contributed by atoms with Crippen LogP contribution in [0.5, 0.6) is 0 Å². The van der Waals surface area contributed by atoms with Crippen molar-refractivity contribution >= 4 is 0 Å². The smallest absolute Gasteiger partial charge is 0.0900 e. The van der Waals surface area contributed by atoms with Gasteiger partial charge in [-0.05, 0) is 61.9 Å². The molecule has 0 amide bonds. The Morgan fingerprint density at radius 1 is 1.19 bits per heavy atom. The number of likely N-dealkylation sites (tertiary alicyclic amines) is 1. The third-order valence-corrected chi connectivity index (χ3v) is 7.12. The van der Waals surface area contributed by atoms with Crippen molar-refractivity contribution in [2.24, 2.45) is 16.7 Å². The lowest BCUT2D eigenvalue weighted by molar-refractivity contribution is -0.0798. The van der Waals surface area contributed by atoms with Gasteiger partial charge < -0.3 is 14.7 Å². The van der Waals surface area contributed by atoms with Crippen LogP contribution < -0.4 is 0 Å². The lowest BCUT2D eigenvalue weighted by Crippen LogP contribution is -2.41. The van der Waals surface area contributed by atoms with Crippen molar-refractivity contribution in [1.82, 2.24) is 4.90 Å². The molecule has 122 valence electrons. The SMILES string of the molecule is CC1(C)[C@H]2CC[C@]1(C)[C@H](OC[C@@H](O)CN1CCCCC1)C2. The first-order chi connectivity index (χ1) is 9.93. The number of hydrogen-bond donors (Lipinski definition) is 1. The Bertz CT molecular complexity index is 364. The van der Waals surface area contributed by atoms with Crippen LogP contribution in [0.4, 0.5) is 0 Å². The molecule has 0 unspecified atom stereocenters. The quantitative estimate of drug-likeness (QED) is 0.846. The van der Waals surface area contributed by atoms with Crippen LogP contribution >= 0.6 is 0 Å². The maximum absolute atomic E-state index is 10.3. The molecule has 3 nitrogen and oxygen atoms in total. The van der Waals surface area contributed by atoms with E-state index in [1.807, 2.05) is 0 Å². The molecule has 4 atom stereocenters. The Hall–Kier alpha value is -0.120. The average molecular weight is 295 g/mol. The highest BCUT2D eigenvalue weighted by Crippen LogP contribution is 2.66. The number of fused-ring (bicyclic) bond motifs is 2. The third kappa shape index (κ3) is 2.77. The van der Waals surface area contributed by atoms with Gasteiger partial charge >= 0.3 is 0 Å². The average Bonchev–Trinajstić information content (AvgIpc) is 2.79. The van der Waals surface area contributed by atoms with Crippen LogP contribution in [0.2, 0.25) is 0 Å². The molecule has 0 spiro atoms. The van der Waals surface area contributed by atoms with Crippen molar-refractivity contribution in [2.75, 3.05) is 26.2 Å². The van der Waals surface area contributed by atoms with E-state index in [1.165, 1.54) is 38.5 Å². The minimum Gasteiger partial charge on any atom is -0.389 e. The standard InChI is InChI=1S/C18H33NO2/c1-17(2)14-7-8-18(17,3)16(11-14)21-13-15(20)12-19-9-5-4-6-10-19/h14-16,20H,4-13H2,1-3H3/t14-,15-,16+,18+/m0/s1. The molecule has 1 N–H and O–H groups in total. The van der Waals surface area contributed by atoms with Gasteiger partial charge in [-0.1, -0.05) is 27.2 Å². The lowest BCUT2D eigenvalue weighted by atomic mass is 9.70. The van der Waals surface area contributed by atoms with Gasteiger partial charge in [-0.15, -0.1) is 0 Å².